The Morgan fingerprint density at radius 3 is 2.65 bits per heavy atom. The molecule has 6 rings (SSSR count). The van der Waals surface area contributed by atoms with Crippen molar-refractivity contribution in [3.05, 3.63) is 83.3 Å². The van der Waals surface area contributed by atoms with Crippen molar-refractivity contribution in [2.75, 3.05) is 18.5 Å². The lowest BCUT2D eigenvalue weighted by atomic mass is 9.75. The van der Waals surface area contributed by atoms with Gasteiger partial charge in [-0.05, 0) is 80.0 Å². The molecule has 1 fully saturated rings. The number of nitrogens with one attached hydrogen (secondary N) is 1. The highest BCUT2D eigenvalue weighted by Gasteiger charge is 2.36. The summed E-state index contributed by atoms with van der Waals surface area (Å²) in [6, 6.07) is 10.0. The van der Waals surface area contributed by atoms with Gasteiger partial charge in [0.05, 0.1) is 46.3 Å². The van der Waals surface area contributed by atoms with Gasteiger partial charge in [-0.1, -0.05) is 11.6 Å². The molecule has 4 aromatic rings. The minimum absolute atomic E-state index is 0.0121. The van der Waals surface area contributed by atoms with Gasteiger partial charge < -0.3 is 15.8 Å². The van der Waals surface area contributed by atoms with Crippen LogP contribution < -0.4 is 11.1 Å². The number of ether oxygens (including phenoxy) is 1. The summed E-state index contributed by atoms with van der Waals surface area (Å²) in [4.78, 5) is 8.76. The van der Waals surface area contributed by atoms with Gasteiger partial charge in [-0.2, -0.15) is 14.9 Å². The molecule has 10 heteroatoms. The Kier molecular flexibility index (Phi) is 6.78. The summed E-state index contributed by atoms with van der Waals surface area (Å²) in [6.45, 7) is 2.83. The molecular weight excluding hydrogens is 512 g/mol. The lowest BCUT2D eigenvalue weighted by Crippen LogP contribution is -2.32. The third-order valence-electron chi connectivity index (χ3n) is 7.96. The molecule has 40 heavy (non-hydrogen) atoms. The van der Waals surface area contributed by atoms with E-state index in [1.807, 2.05) is 6.07 Å². The molecule has 1 aromatic carbocycles. The van der Waals surface area contributed by atoms with E-state index in [1.165, 1.54) is 22.2 Å². The van der Waals surface area contributed by atoms with E-state index in [1.54, 1.807) is 30.7 Å². The van der Waals surface area contributed by atoms with Crippen molar-refractivity contribution in [2.45, 2.75) is 50.0 Å². The molecule has 0 amide bonds. The normalized spacial score (nSPS) is 20.6. The Morgan fingerprint density at radius 2 is 1.93 bits per heavy atom. The predicted octanol–water partition coefficient (Wildman–Crippen LogP) is 5.54. The first-order valence-corrected chi connectivity index (χ1v) is 13.3. The molecule has 1 aliphatic heterocycles. The Morgan fingerprint density at radius 1 is 1.15 bits per heavy atom. The number of anilines is 2. The van der Waals surface area contributed by atoms with Crippen LogP contribution in [0.25, 0.3) is 16.8 Å². The van der Waals surface area contributed by atoms with Crippen LogP contribution in [-0.4, -0.2) is 38.8 Å². The van der Waals surface area contributed by atoms with Crippen molar-refractivity contribution in [2.24, 2.45) is 5.73 Å². The summed E-state index contributed by atoms with van der Waals surface area (Å²) >= 11 is 0. The molecule has 0 spiro atoms. The molecular formula is C30H29F2N7O. The van der Waals surface area contributed by atoms with Crippen molar-refractivity contribution in [1.29, 1.82) is 5.26 Å². The van der Waals surface area contributed by atoms with Crippen molar-refractivity contribution in [3.63, 3.8) is 0 Å². The van der Waals surface area contributed by atoms with Crippen molar-refractivity contribution >= 4 is 17.2 Å². The zero-order chi connectivity index (χ0) is 27.9. The van der Waals surface area contributed by atoms with Crippen molar-refractivity contribution < 1.29 is 13.5 Å². The fourth-order valence-corrected chi connectivity index (χ4v) is 5.91. The first kappa shape index (κ1) is 26.0. The van der Waals surface area contributed by atoms with Gasteiger partial charge in [0.15, 0.2) is 0 Å². The smallest absolute Gasteiger partial charge is 0.229 e. The van der Waals surface area contributed by atoms with Crippen LogP contribution in [0, 0.1) is 23.0 Å². The highest BCUT2D eigenvalue weighted by atomic mass is 19.1. The fourth-order valence-electron chi connectivity index (χ4n) is 5.91. The van der Waals surface area contributed by atoms with Crippen LogP contribution >= 0.6 is 0 Å². The number of nitrogens with zero attached hydrogens (tertiary/aromatic N) is 5. The lowest BCUT2D eigenvalue weighted by molar-refractivity contribution is 0.0674. The van der Waals surface area contributed by atoms with Crippen LogP contribution in [0.2, 0.25) is 0 Å². The number of nitriles is 1. The van der Waals surface area contributed by atoms with E-state index in [0.717, 1.165) is 24.1 Å². The number of halogens is 2. The Balaban J connectivity index is 1.35. The molecule has 0 saturated carbocycles. The van der Waals surface area contributed by atoms with Crippen LogP contribution in [0.15, 0.2) is 60.6 Å². The standard InChI is InChI=1S/C30H29F2N7O/c1-18-10-19(12-21(34)11-18)23-4-7-35-16-27(23)37-29-36-15-22-2-3-26(38-39(22)29)28-24(31)13-20(14-25(28)32)30(17-33)5-8-40-9-6-30/h2-4,7,11,13-16,19,21H,5-6,8-10,12,34H2,1H3,(H,36,37). The molecule has 1 saturated heterocycles. The number of nitrogens with two attached hydrogens (primary N) is 1. The average molecular weight is 542 g/mol. The number of aromatic nitrogens is 4. The van der Waals surface area contributed by atoms with Gasteiger partial charge in [0.2, 0.25) is 5.95 Å². The fraction of sp³-hybridized carbons (Fsp3) is 0.333. The minimum Gasteiger partial charge on any atom is -0.381 e. The quantitative estimate of drug-likeness (QED) is 0.319. The maximum Gasteiger partial charge on any atom is 0.229 e. The summed E-state index contributed by atoms with van der Waals surface area (Å²) in [5.41, 5.74) is 9.19. The van der Waals surface area contributed by atoms with Gasteiger partial charge in [0.1, 0.15) is 11.6 Å². The molecule has 1 aliphatic carbocycles. The molecule has 8 nitrogen and oxygen atoms in total. The minimum atomic E-state index is -0.977. The number of fused-ring (bicyclic) bond motifs is 1. The summed E-state index contributed by atoms with van der Waals surface area (Å²) in [7, 11) is 0. The lowest BCUT2D eigenvalue weighted by Gasteiger charge is -2.31. The van der Waals surface area contributed by atoms with Gasteiger partial charge in [-0.25, -0.2) is 13.8 Å². The zero-order valence-corrected chi connectivity index (χ0v) is 22.1. The predicted molar refractivity (Wildman–Crippen MR) is 147 cm³/mol. The van der Waals surface area contributed by atoms with Gasteiger partial charge in [-0.3, -0.25) is 4.98 Å². The summed E-state index contributed by atoms with van der Waals surface area (Å²) in [6.07, 6.45) is 9.71. The van der Waals surface area contributed by atoms with E-state index >= 15 is 8.78 Å². The van der Waals surface area contributed by atoms with Crippen molar-refractivity contribution in [3.8, 4) is 17.3 Å². The summed E-state index contributed by atoms with van der Waals surface area (Å²) in [5.74, 6) is -0.940. The summed E-state index contributed by atoms with van der Waals surface area (Å²) in [5, 5.41) is 17.7. The molecule has 2 unspecified atom stereocenters. The van der Waals surface area contributed by atoms with E-state index in [0.29, 0.717) is 43.1 Å². The van der Waals surface area contributed by atoms with Crippen LogP contribution in [-0.2, 0) is 10.2 Å². The molecule has 0 bridgehead atoms. The van der Waals surface area contributed by atoms with Gasteiger partial charge in [0.25, 0.3) is 0 Å². The number of hydrogen-bond donors (Lipinski definition) is 2. The van der Waals surface area contributed by atoms with Crippen LogP contribution in [0.4, 0.5) is 20.4 Å². The van der Waals surface area contributed by atoms with Crippen LogP contribution in [0.5, 0.6) is 0 Å². The second kappa shape index (κ2) is 10.4. The third-order valence-corrected chi connectivity index (χ3v) is 7.96. The Hall–Kier alpha value is -4.20. The van der Waals surface area contributed by atoms with Crippen LogP contribution in [0.3, 0.4) is 0 Å². The zero-order valence-electron chi connectivity index (χ0n) is 22.1. The number of imidazole rings is 1. The van der Waals surface area contributed by atoms with Gasteiger partial charge >= 0.3 is 0 Å². The molecule has 2 aliphatic rings. The second-order valence-electron chi connectivity index (χ2n) is 10.7. The molecule has 4 heterocycles. The number of rotatable bonds is 5. The number of hydrogen-bond acceptors (Lipinski definition) is 7. The van der Waals surface area contributed by atoms with Gasteiger partial charge in [0, 0.05) is 25.5 Å². The van der Waals surface area contributed by atoms with Crippen LogP contribution in [0.1, 0.15) is 49.7 Å². The highest BCUT2D eigenvalue weighted by Crippen LogP contribution is 2.38. The molecule has 2 atom stereocenters. The number of allylic oxidation sites excluding steroid dienone is 1. The first-order valence-electron chi connectivity index (χ1n) is 13.3. The van der Waals surface area contributed by atoms with E-state index in [-0.39, 0.29) is 23.2 Å². The second-order valence-corrected chi connectivity index (χ2v) is 10.7. The Labute approximate surface area is 230 Å². The first-order chi connectivity index (χ1) is 19.4. The topological polar surface area (TPSA) is 114 Å². The van der Waals surface area contributed by atoms with Gasteiger partial charge in [-0.15, -0.1) is 0 Å². The Bertz CT molecular complexity index is 1630. The average Bonchev–Trinajstić information content (AvgIpc) is 3.34. The maximum absolute atomic E-state index is 15.5. The van der Waals surface area contributed by atoms with E-state index in [4.69, 9.17) is 10.5 Å². The molecule has 3 aromatic heterocycles. The third kappa shape index (κ3) is 4.72. The van der Waals surface area contributed by atoms with E-state index < -0.39 is 17.0 Å². The monoisotopic (exact) mass is 541 g/mol. The largest absolute Gasteiger partial charge is 0.381 e. The van der Waals surface area contributed by atoms with Crippen molar-refractivity contribution in [1.82, 2.24) is 19.6 Å². The maximum atomic E-state index is 15.5. The summed E-state index contributed by atoms with van der Waals surface area (Å²) < 4.78 is 37.8. The van der Waals surface area contributed by atoms with E-state index in [9.17, 15) is 5.26 Å². The van der Waals surface area contributed by atoms with E-state index in [2.05, 4.69) is 39.5 Å². The highest BCUT2D eigenvalue weighted by molar-refractivity contribution is 5.66. The molecule has 3 N–H and O–H groups in total. The number of pyridine rings is 1. The number of benzene rings is 1. The SMILES string of the molecule is CC1=CC(N)CC(c2ccncc2Nc2ncc3ccc(-c4c(F)cc(C5(C#N)CCOCC5)cc4F)nn23)C1. The molecule has 0 radical (unpaired) electrons. The molecule has 204 valence electrons.